The number of primary amides is 1. The summed E-state index contributed by atoms with van der Waals surface area (Å²) in [5.41, 5.74) is 5.82. The second kappa shape index (κ2) is 8.21. The number of likely N-dealkylation sites (N-methyl/N-ethyl adjacent to an activating group) is 1. The number of hydrogen-bond acceptors (Lipinski definition) is 7. The number of piperazine rings is 1. The zero-order chi connectivity index (χ0) is 20.3. The predicted molar refractivity (Wildman–Crippen MR) is 100 cm³/mol. The van der Waals surface area contributed by atoms with Crippen LogP contribution >= 0.6 is 0 Å². The number of H-pyrrole nitrogens is 1. The number of aromatic amines is 1. The molecule has 4 N–H and O–H groups in total. The highest BCUT2D eigenvalue weighted by atomic mass is 19.3. The van der Waals surface area contributed by atoms with Crippen LogP contribution in [0, 0.1) is 5.41 Å². The van der Waals surface area contributed by atoms with Gasteiger partial charge in [-0.15, -0.1) is 0 Å². The summed E-state index contributed by atoms with van der Waals surface area (Å²) < 4.78 is 24.7. The molecule has 11 heteroatoms. The van der Waals surface area contributed by atoms with Gasteiger partial charge in [-0.3, -0.25) is 15.1 Å². The third kappa shape index (κ3) is 4.36. The summed E-state index contributed by atoms with van der Waals surface area (Å²) in [5, 5.41) is 7.12. The fraction of sp³-hybridized carbons (Fsp3) is 0.353. The Balaban J connectivity index is 1.77. The number of anilines is 1. The molecule has 0 aliphatic carbocycles. The van der Waals surface area contributed by atoms with Gasteiger partial charge in [0.2, 0.25) is 5.91 Å². The van der Waals surface area contributed by atoms with Crippen molar-refractivity contribution in [2.24, 2.45) is 5.73 Å². The molecule has 1 fully saturated rings. The Labute approximate surface area is 159 Å². The van der Waals surface area contributed by atoms with E-state index in [0.717, 1.165) is 6.08 Å². The summed E-state index contributed by atoms with van der Waals surface area (Å²) in [6, 6.07) is 1.35. The third-order valence-electron chi connectivity index (χ3n) is 4.48. The number of carbonyl (C=O) groups is 1. The molecular weight excluding hydrogens is 370 g/mol. The Morgan fingerprint density at radius 2 is 2.18 bits per heavy atom. The number of aromatic nitrogens is 4. The second-order valence-electron chi connectivity index (χ2n) is 6.38. The first-order valence-electron chi connectivity index (χ1n) is 8.51. The lowest BCUT2D eigenvalue weighted by atomic mass is 10.1. The number of carbonyl (C=O) groups excluding carboxylic acids is 1. The number of nitrogens with two attached hydrogens (primary N) is 1. The van der Waals surface area contributed by atoms with E-state index in [4.69, 9.17) is 11.1 Å². The van der Waals surface area contributed by atoms with Crippen molar-refractivity contribution in [1.29, 1.82) is 5.41 Å². The maximum Gasteiger partial charge on any atom is 0.279 e. The van der Waals surface area contributed by atoms with Crippen molar-refractivity contribution in [3.63, 3.8) is 0 Å². The molecule has 1 atom stereocenters. The molecule has 9 nitrogen and oxygen atoms in total. The number of rotatable bonds is 6. The zero-order valence-corrected chi connectivity index (χ0v) is 15.1. The minimum Gasteiger partial charge on any atom is -0.368 e. The number of imidazole rings is 1. The third-order valence-corrected chi connectivity index (χ3v) is 4.48. The molecule has 3 rings (SSSR count). The van der Waals surface area contributed by atoms with Crippen LogP contribution in [0.1, 0.15) is 5.82 Å². The minimum absolute atomic E-state index is 0.328. The average molecular weight is 390 g/mol. The second-order valence-corrected chi connectivity index (χ2v) is 6.38. The molecule has 2 aromatic rings. The monoisotopic (exact) mass is 390 g/mol. The van der Waals surface area contributed by atoms with Gasteiger partial charge in [-0.25, -0.2) is 23.7 Å². The zero-order valence-electron chi connectivity index (χ0n) is 15.1. The fourth-order valence-corrected chi connectivity index (χ4v) is 2.85. The first-order chi connectivity index (χ1) is 13.3. The summed E-state index contributed by atoms with van der Waals surface area (Å²) in [5.74, 6) is 0.588. The Morgan fingerprint density at radius 1 is 1.39 bits per heavy atom. The van der Waals surface area contributed by atoms with E-state index in [-0.39, 0.29) is 5.91 Å². The molecule has 0 spiro atoms. The van der Waals surface area contributed by atoms with E-state index < -0.39 is 18.2 Å². The van der Waals surface area contributed by atoms with E-state index in [2.05, 4.69) is 19.9 Å². The van der Waals surface area contributed by atoms with Gasteiger partial charge in [-0.2, -0.15) is 0 Å². The Kier molecular flexibility index (Phi) is 5.73. The largest absolute Gasteiger partial charge is 0.368 e. The van der Waals surface area contributed by atoms with Crippen molar-refractivity contribution < 1.29 is 13.6 Å². The van der Waals surface area contributed by atoms with Crippen molar-refractivity contribution >= 4 is 23.5 Å². The molecule has 148 valence electrons. The van der Waals surface area contributed by atoms with E-state index in [9.17, 15) is 13.6 Å². The van der Waals surface area contributed by atoms with Gasteiger partial charge in [0, 0.05) is 25.7 Å². The molecule has 0 radical (unpaired) electrons. The summed E-state index contributed by atoms with van der Waals surface area (Å²) >= 11 is 0. The normalized spacial score (nSPS) is 18.1. The highest BCUT2D eigenvalue weighted by Crippen LogP contribution is 2.21. The number of nitrogens with one attached hydrogen (secondary N) is 2. The summed E-state index contributed by atoms with van der Waals surface area (Å²) in [7, 11) is 1.85. The van der Waals surface area contributed by atoms with Gasteiger partial charge in [0.1, 0.15) is 24.0 Å². The van der Waals surface area contributed by atoms with Crippen LogP contribution in [0.2, 0.25) is 0 Å². The summed E-state index contributed by atoms with van der Waals surface area (Å²) in [6.07, 6.45) is 2.40. The Hall–Kier alpha value is -3.21. The van der Waals surface area contributed by atoms with Crippen molar-refractivity contribution in [3.8, 4) is 11.4 Å². The van der Waals surface area contributed by atoms with Crippen molar-refractivity contribution in [1.82, 2.24) is 24.8 Å². The van der Waals surface area contributed by atoms with Crippen LogP contribution in [-0.2, 0) is 4.79 Å². The SMILES string of the molecule is CN1CCN(c2cc(-c3cnc(/C=C\C(=N)C(F)F)[nH]3)ncn2)CC1C(N)=O. The van der Waals surface area contributed by atoms with Crippen molar-refractivity contribution in [2.45, 2.75) is 12.5 Å². The van der Waals surface area contributed by atoms with E-state index in [1.54, 1.807) is 6.07 Å². The Morgan fingerprint density at radius 3 is 2.89 bits per heavy atom. The van der Waals surface area contributed by atoms with Gasteiger partial charge in [0.25, 0.3) is 6.43 Å². The van der Waals surface area contributed by atoms with Gasteiger partial charge in [-0.05, 0) is 19.2 Å². The highest BCUT2D eigenvalue weighted by molar-refractivity contribution is 5.97. The Bertz CT molecular complexity index is 897. The maximum absolute atomic E-state index is 12.4. The van der Waals surface area contributed by atoms with Gasteiger partial charge >= 0.3 is 0 Å². The summed E-state index contributed by atoms with van der Waals surface area (Å²) in [4.78, 5) is 31.0. The number of nitrogens with zero attached hydrogens (tertiary/aromatic N) is 5. The minimum atomic E-state index is -2.83. The molecule has 2 aromatic heterocycles. The number of hydrogen-bond donors (Lipinski definition) is 3. The van der Waals surface area contributed by atoms with E-state index in [1.807, 2.05) is 16.8 Å². The quantitative estimate of drug-likeness (QED) is 0.625. The van der Waals surface area contributed by atoms with Crippen LogP contribution in [0.25, 0.3) is 17.5 Å². The maximum atomic E-state index is 12.4. The smallest absolute Gasteiger partial charge is 0.279 e. The van der Waals surface area contributed by atoms with Crippen molar-refractivity contribution in [3.05, 3.63) is 30.5 Å². The van der Waals surface area contributed by atoms with E-state index in [0.29, 0.717) is 42.7 Å². The van der Waals surface area contributed by atoms with Gasteiger partial charge in [-0.1, -0.05) is 0 Å². The topological polar surface area (TPSA) is 128 Å². The molecule has 1 amide bonds. The van der Waals surface area contributed by atoms with Crippen molar-refractivity contribution in [2.75, 3.05) is 31.6 Å². The molecule has 1 aliphatic heterocycles. The van der Waals surface area contributed by atoms with Gasteiger partial charge in [0.15, 0.2) is 0 Å². The lowest BCUT2D eigenvalue weighted by Crippen LogP contribution is -2.57. The number of amides is 1. The first kappa shape index (κ1) is 19.5. The lowest BCUT2D eigenvalue weighted by Gasteiger charge is -2.38. The molecule has 1 saturated heterocycles. The first-order valence-corrected chi connectivity index (χ1v) is 8.51. The average Bonchev–Trinajstić information content (AvgIpc) is 3.15. The molecule has 0 bridgehead atoms. The van der Waals surface area contributed by atoms with Crippen LogP contribution in [-0.4, -0.2) is 75.6 Å². The van der Waals surface area contributed by atoms with Crippen LogP contribution in [0.15, 0.2) is 24.7 Å². The molecular formula is C17H20F2N8O. The molecule has 3 heterocycles. The van der Waals surface area contributed by atoms with Gasteiger partial charge < -0.3 is 15.6 Å². The van der Waals surface area contributed by atoms with Crippen LogP contribution in [0.5, 0.6) is 0 Å². The van der Waals surface area contributed by atoms with Crippen LogP contribution in [0.3, 0.4) is 0 Å². The fourth-order valence-electron chi connectivity index (χ4n) is 2.85. The number of alkyl halides is 2. The van der Waals surface area contributed by atoms with Crippen LogP contribution < -0.4 is 10.6 Å². The van der Waals surface area contributed by atoms with E-state index in [1.165, 1.54) is 18.6 Å². The van der Waals surface area contributed by atoms with Gasteiger partial charge in [0.05, 0.1) is 23.3 Å². The molecule has 1 unspecified atom stereocenters. The highest BCUT2D eigenvalue weighted by Gasteiger charge is 2.29. The number of halogens is 2. The standard InChI is InChI=1S/C17H20F2N8O/c1-26-4-5-27(8-13(26)17(21)28)15-6-11(23-9-24-15)12-7-22-14(25-12)3-2-10(20)16(18)19/h2-3,6-7,9,13,16,20H,4-5,8H2,1H3,(H2,21,28)(H,22,25)/b3-2-,20-10?. The molecule has 0 aromatic carbocycles. The molecule has 0 saturated carbocycles. The molecule has 28 heavy (non-hydrogen) atoms. The lowest BCUT2D eigenvalue weighted by molar-refractivity contribution is -0.122. The summed E-state index contributed by atoms with van der Waals surface area (Å²) in [6.45, 7) is 1.78. The van der Waals surface area contributed by atoms with Crippen LogP contribution in [0.4, 0.5) is 14.6 Å². The molecule has 1 aliphatic rings. The predicted octanol–water partition coefficient (Wildman–Crippen LogP) is 0.770. The van der Waals surface area contributed by atoms with E-state index >= 15 is 0 Å². The number of allylic oxidation sites excluding steroid dienone is 1.